The van der Waals surface area contributed by atoms with Crippen molar-refractivity contribution in [2.75, 3.05) is 50.5 Å². The van der Waals surface area contributed by atoms with Gasteiger partial charge in [-0.25, -0.2) is 13.1 Å². The molecule has 2 heterocycles. The van der Waals surface area contributed by atoms with Gasteiger partial charge in [-0.3, -0.25) is 9.69 Å². The van der Waals surface area contributed by atoms with Gasteiger partial charge in [-0.05, 0) is 31.2 Å². The van der Waals surface area contributed by atoms with Crippen molar-refractivity contribution in [1.82, 2.24) is 9.62 Å². The molecule has 0 saturated carbocycles. The average molecular weight is 386 g/mol. The summed E-state index contributed by atoms with van der Waals surface area (Å²) in [5.41, 5.74) is 0.573. The Morgan fingerprint density at radius 3 is 2.88 bits per heavy atom. The first kappa shape index (κ1) is 18.7. The number of fused-ring (bicyclic) bond motifs is 1. The number of amides is 1. The summed E-state index contributed by atoms with van der Waals surface area (Å²) in [5, 5.41) is 2.77. The number of sulfonamides is 1. The van der Waals surface area contributed by atoms with Gasteiger partial charge in [-0.15, -0.1) is 11.8 Å². The molecule has 2 aliphatic rings. The van der Waals surface area contributed by atoms with E-state index in [4.69, 9.17) is 4.74 Å². The van der Waals surface area contributed by atoms with Crippen LogP contribution in [0.15, 0.2) is 28.0 Å². The number of morpholine rings is 1. The minimum Gasteiger partial charge on any atom is -0.379 e. The van der Waals surface area contributed by atoms with Crippen LogP contribution in [0.25, 0.3) is 0 Å². The van der Waals surface area contributed by atoms with Crippen molar-refractivity contribution in [3.63, 3.8) is 0 Å². The standard InChI is InChI=1S/C16H23N3O4S2/c20-16-4-11-24-15-3-2-13(12-14(15)18-16)25(21,22)17-5-1-6-19-7-9-23-10-8-19/h2-3,12,17H,1,4-11H2,(H,18,20). The smallest absolute Gasteiger partial charge is 0.240 e. The molecule has 1 aromatic rings. The van der Waals surface area contributed by atoms with Crippen molar-refractivity contribution in [2.45, 2.75) is 22.6 Å². The van der Waals surface area contributed by atoms with Gasteiger partial charge in [0.25, 0.3) is 0 Å². The molecule has 0 aromatic heterocycles. The lowest BCUT2D eigenvalue weighted by atomic mass is 10.3. The molecule has 25 heavy (non-hydrogen) atoms. The Kier molecular flexibility index (Phi) is 6.34. The molecule has 0 atom stereocenters. The lowest BCUT2D eigenvalue weighted by molar-refractivity contribution is -0.115. The molecule has 3 rings (SSSR count). The summed E-state index contributed by atoms with van der Waals surface area (Å²) < 4.78 is 32.9. The van der Waals surface area contributed by atoms with Crippen molar-refractivity contribution in [2.24, 2.45) is 0 Å². The minimum absolute atomic E-state index is 0.0840. The maximum atomic E-state index is 12.5. The van der Waals surface area contributed by atoms with Gasteiger partial charge in [0, 0.05) is 36.7 Å². The summed E-state index contributed by atoms with van der Waals surface area (Å²) in [5.74, 6) is 0.615. The van der Waals surface area contributed by atoms with Crippen LogP contribution < -0.4 is 10.0 Å². The van der Waals surface area contributed by atoms with Crippen molar-refractivity contribution in [3.8, 4) is 0 Å². The molecule has 1 saturated heterocycles. The van der Waals surface area contributed by atoms with Crippen LogP contribution in [-0.4, -0.2) is 64.4 Å². The molecule has 0 unspecified atom stereocenters. The number of nitrogens with zero attached hydrogens (tertiary/aromatic N) is 1. The number of nitrogens with one attached hydrogen (secondary N) is 2. The van der Waals surface area contributed by atoms with E-state index < -0.39 is 10.0 Å². The highest BCUT2D eigenvalue weighted by atomic mass is 32.2. The molecule has 1 amide bonds. The first-order valence-corrected chi connectivity index (χ1v) is 10.9. The van der Waals surface area contributed by atoms with Gasteiger partial charge in [-0.2, -0.15) is 0 Å². The second kappa shape index (κ2) is 8.50. The number of anilines is 1. The number of carbonyl (C=O) groups is 1. The van der Waals surface area contributed by atoms with Gasteiger partial charge in [0.1, 0.15) is 0 Å². The predicted octanol–water partition coefficient (Wildman–Crippen LogP) is 1.12. The number of hydrogen-bond donors (Lipinski definition) is 2. The molecule has 0 aliphatic carbocycles. The van der Waals surface area contributed by atoms with Crippen LogP contribution in [0.2, 0.25) is 0 Å². The van der Waals surface area contributed by atoms with Gasteiger partial charge in [0.15, 0.2) is 0 Å². The Balaban J connectivity index is 1.57. The summed E-state index contributed by atoms with van der Waals surface area (Å²) in [4.78, 5) is 15.0. The van der Waals surface area contributed by atoms with E-state index in [1.54, 1.807) is 23.9 Å². The van der Waals surface area contributed by atoms with E-state index in [2.05, 4.69) is 14.9 Å². The monoisotopic (exact) mass is 385 g/mol. The summed E-state index contributed by atoms with van der Waals surface area (Å²) in [6, 6.07) is 4.89. The second-order valence-electron chi connectivity index (χ2n) is 6.01. The maximum Gasteiger partial charge on any atom is 0.240 e. The fraction of sp³-hybridized carbons (Fsp3) is 0.562. The van der Waals surface area contributed by atoms with Gasteiger partial charge < -0.3 is 10.1 Å². The van der Waals surface area contributed by atoms with Crippen LogP contribution in [0, 0.1) is 0 Å². The van der Waals surface area contributed by atoms with Crippen molar-refractivity contribution in [3.05, 3.63) is 18.2 Å². The van der Waals surface area contributed by atoms with Gasteiger partial charge in [-0.1, -0.05) is 0 Å². The summed E-state index contributed by atoms with van der Waals surface area (Å²) in [6.45, 7) is 4.51. The van der Waals surface area contributed by atoms with E-state index in [1.165, 1.54) is 6.07 Å². The average Bonchev–Trinajstić information content (AvgIpc) is 2.79. The largest absolute Gasteiger partial charge is 0.379 e. The number of hydrogen-bond acceptors (Lipinski definition) is 6. The topological polar surface area (TPSA) is 87.7 Å². The number of ether oxygens (including phenoxy) is 1. The van der Waals surface area contributed by atoms with Crippen LogP contribution in [0.3, 0.4) is 0 Å². The van der Waals surface area contributed by atoms with Gasteiger partial charge >= 0.3 is 0 Å². The van der Waals surface area contributed by atoms with Crippen molar-refractivity contribution >= 4 is 33.4 Å². The normalized spacial score (nSPS) is 19.1. The quantitative estimate of drug-likeness (QED) is 0.714. The lowest BCUT2D eigenvalue weighted by Gasteiger charge is -2.26. The SMILES string of the molecule is O=C1CCSc2ccc(S(=O)(=O)NCCCN3CCOCC3)cc2N1. The molecule has 2 aliphatic heterocycles. The Labute approximate surface area is 152 Å². The number of benzene rings is 1. The highest BCUT2D eigenvalue weighted by Gasteiger charge is 2.19. The van der Waals surface area contributed by atoms with Crippen LogP contribution in [0.5, 0.6) is 0 Å². The molecular formula is C16H23N3O4S2. The van der Waals surface area contributed by atoms with E-state index in [1.807, 2.05) is 0 Å². The van der Waals surface area contributed by atoms with Crippen LogP contribution in [-0.2, 0) is 19.6 Å². The maximum absolute atomic E-state index is 12.5. The Morgan fingerprint density at radius 2 is 2.08 bits per heavy atom. The molecule has 9 heteroatoms. The third-order valence-electron chi connectivity index (χ3n) is 4.17. The van der Waals surface area contributed by atoms with E-state index in [9.17, 15) is 13.2 Å². The second-order valence-corrected chi connectivity index (χ2v) is 8.91. The highest BCUT2D eigenvalue weighted by Crippen LogP contribution is 2.32. The van der Waals surface area contributed by atoms with Crippen molar-refractivity contribution < 1.29 is 17.9 Å². The Hall–Kier alpha value is -1.13. The Morgan fingerprint density at radius 1 is 1.28 bits per heavy atom. The fourth-order valence-electron chi connectivity index (χ4n) is 2.78. The molecule has 0 radical (unpaired) electrons. The molecular weight excluding hydrogens is 362 g/mol. The number of carbonyl (C=O) groups excluding carboxylic acids is 1. The number of rotatable bonds is 6. The van der Waals surface area contributed by atoms with E-state index in [0.29, 0.717) is 24.4 Å². The zero-order valence-corrected chi connectivity index (χ0v) is 15.6. The molecule has 138 valence electrons. The van der Waals surface area contributed by atoms with E-state index in [-0.39, 0.29) is 10.8 Å². The molecule has 1 aromatic carbocycles. The molecule has 0 bridgehead atoms. The van der Waals surface area contributed by atoms with Crippen LogP contribution in [0.4, 0.5) is 5.69 Å². The van der Waals surface area contributed by atoms with Gasteiger partial charge in [0.2, 0.25) is 15.9 Å². The molecule has 0 spiro atoms. The number of thioether (sulfide) groups is 1. The predicted molar refractivity (Wildman–Crippen MR) is 97.5 cm³/mol. The lowest BCUT2D eigenvalue weighted by Crippen LogP contribution is -2.38. The third kappa shape index (κ3) is 5.18. The van der Waals surface area contributed by atoms with Crippen molar-refractivity contribution in [1.29, 1.82) is 0 Å². The zero-order valence-electron chi connectivity index (χ0n) is 14.0. The van der Waals surface area contributed by atoms with E-state index in [0.717, 1.165) is 44.2 Å². The first-order valence-electron chi connectivity index (χ1n) is 8.41. The molecule has 2 N–H and O–H groups in total. The highest BCUT2D eigenvalue weighted by molar-refractivity contribution is 7.99. The zero-order chi connectivity index (χ0) is 17.7. The minimum atomic E-state index is -3.58. The summed E-state index contributed by atoms with van der Waals surface area (Å²) in [7, 11) is -3.58. The van der Waals surface area contributed by atoms with Crippen LogP contribution in [0.1, 0.15) is 12.8 Å². The summed E-state index contributed by atoms with van der Waals surface area (Å²) >= 11 is 1.56. The van der Waals surface area contributed by atoms with E-state index >= 15 is 0 Å². The Bertz CT molecular complexity index is 718. The molecule has 7 nitrogen and oxygen atoms in total. The van der Waals surface area contributed by atoms with Gasteiger partial charge in [0.05, 0.1) is 23.8 Å². The summed E-state index contributed by atoms with van der Waals surface area (Å²) in [6.07, 6.45) is 1.18. The molecule has 1 fully saturated rings. The third-order valence-corrected chi connectivity index (χ3v) is 6.70. The first-order chi connectivity index (χ1) is 12.0. The van der Waals surface area contributed by atoms with Crippen LogP contribution >= 0.6 is 11.8 Å². The fourth-order valence-corrected chi connectivity index (χ4v) is 4.82.